The Morgan fingerprint density at radius 2 is 2.15 bits per heavy atom. The zero-order chi connectivity index (χ0) is 9.59. The van der Waals surface area contributed by atoms with Crippen LogP contribution in [-0.2, 0) is 19.1 Å². The molecule has 1 fully saturated rings. The molecule has 2 atom stereocenters. The van der Waals surface area contributed by atoms with Crippen LogP contribution in [0.2, 0.25) is 0 Å². The van der Waals surface area contributed by atoms with Gasteiger partial charge in [-0.1, -0.05) is 0 Å². The SMILES string of the molecule is CC(=O)NC1=CC(=O)[C@H]2O[C@H]2C1=O. The van der Waals surface area contributed by atoms with Crippen molar-refractivity contribution < 1.29 is 19.1 Å². The summed E-state index contributed by atoms with van der Waals surface area (Å²) in [5.41, 5.74) is 0.0382. The maximum atomic E-state index is 11.3. The van der Waals surface area contributed by atoms with Gasteiger partial charge in [-0.3, -0.25) is 14.4 Å². The Labute approximate surface area is 73.7 Å². The first-order chi connectivity index (χ1) is 6.09. The third-order valence-electron chi connectivity index (χ3n) is 1.89. The lowest BCUT2D eigenvalue weighted by molar-refractivity contribution is -0.122. The van der Waals surface area contributed by atoms with E-state index in [1.165, 1.54) is 6.92 Å². The summed E-state index contributed by atoms with van der Waals surface area (Å²) in [5, 5.41) is 2.29. The minimum absolute atomic E-state index is 0.0382. The van der Waals surface area contributed by atoms with Crippen molar-refractivity contribution in [2.24, 2.45) is 0 Å². The Kier molecular flexibility index (Phi) is 1.56. The van der Waals surface area contributed by atoms with E-state index in [2.05, 4.69) is 5.32 Å². The van der Waals surface area contributed by atoms with Crippen LogP contribution in [0.3, 0.4) is 0 Å². The van der Waals surface area contributed by atoms with Crippen LogP contribution in [0, 0.1) is 0 Å². The summed E-state index contributed by atoms with van der Waals surface area (Å²) in [6.07, 6.45) is -0.123. The molecule has 0 saturated carbocycles. The number of carbonyl (C=O) groups is 3. The van der Waals surface area contributed by atoms with Crippen molar-refractivity contribution in [2.75, 3.05) is 0 Å². The molecule has 1 heterocycles. The van der Waals surface area contributed by atoms with Gasteiger partial charge in [0.05, 0.1) is 5.70 Å². The van der Waals surface area contributed by atoms with Crippen molar-refractivity contribution >= 4 is 17.5 Å². The van der Waals surface area contributed by atoms with Crippen LogP contribution in [0.1, 0.15) is 6.92 Å². The monoisotopic (exact) mass is 181 g/mol. The summed E-state index contributed by atoms with van der Waals surface area (Å²) in [7, 11) is 0. The van der Waals surface area contributed by atoms with Crippen LogP contribution in [0.5, 0.6) is 0 Å². The molecule has 2 rings (SSSR count). The van der Waals surface area contributed by atoms with Gasteiger partial charge in [0.1, 0.15) is 0 Å². The van der Waals surface area contributed by atoms with Crippen LogP contribution in [0.4, 0.5) is 0 Å². The Hall–Kier alpha value is -1.49. The molecular weight excluding hydrogens is 174 g/mol. The zero-order valence-electron chi connectivity index (χ0n) is 6.87. The largest absolute Gasteiger partial charge is 0.352 e. The average Bonchev–Trinajstić information content (AvgIpc) is 2.77. The van der Waals surface area contributed by atoms with E-state index < -0.39 is 12.2 Å². The van der Waals surface area contributed by atoms with Crippen molar-refractivity contribution in [3.63, 3.8) is 0 Å². The molecule has 1 aliphatic heterocycles. The van der Waals surface area contributed by atoms with Crippen molar-refractivity contribution in [1.82, 2.24) is 5.32 Å². The number of ketones is 2. The molecule has 5 nitrogen and oxygen atoms in total. The first-order valence-electron chi connectivity index (χ1n) is 3.82. The number of rotatable bonds is 1. The van der Waals surface area contributed by atoms with E-state index in [1.807, 2.05) is 0 Å². The molecule has 1 N–H and O–H groups in total. The molecule has 0 bridgehead atoms. The van der Waals surface area contributed by atoms with E-state index in [0.29, 0.717) is 0 Å². The van der Waals surface area contributed by atoms with Gasteiger partial charge in [0, 0.05) is 13.0 Å². The molecule has 1 aliphatic carbocycles. The second kappa shape index (κ2) is 2.50. The van der Waals surface area contributed by atoms with Gasteiger partial charge in [0.25, 0.3) is 0 Å². The average molecular weight is 181 g/mol. The van der Waals surface area contributed by atoms with Crippen molar-refractivity contribution in [3.05, 3.63) is 11.8 Å². The minimum Gasteiger partial charge on any atom is -0.352 e. The maximum absolute atomic E-state index is 11.3. The lowest BCUT2D eigenvalue weighted by Gasteiger charge is -2.07. The summed E-state index contributed by atoms with van der Waals surface area (Å²) in [6, 6.07) is 0. The van der Waals surface area contributed by atoms with Gasteiger partial charge in [-0.15, -0.1) is 0 Å². The van der Waals surface area contributed by atoms with Crippen molar-refractivity contribution in [3.8, 4) is 0 Å². The highest BCUT2D eigenvalue weighted by atomic mass is 16.6. The van der Waals surface area contributed by atoms with Crippen LogP contribution in [-0.4, -0.2) is 29.7 Å². The number of hydrogen-bond acceptors (Lipinski definition) is 4. The van der Waals surface area contributed by atoms with Gasteiger partial charge in [-0.2, -0.15) is 0 Å². The fraction of sp³-hybridized carbons (Fsp3) is 0.375. The molecule has 0 radical (unpaired) electrons. The van der Waals surface area contributed by atoms with Gasteiger partial charge in [-0.25, -0.2) is 0 Å². The number of carbonyl (C=O) groups excluding carboxylic acids is 3. The lowest BCUT2D eigenvalue weighted by Crippen LogP contribution is -2.33. The van der Waals surface area contributed by atoms with E-state index >= 15 is 0 Å². The van der Waals surface area contributed by atoms with Gasteiger partial charge in [0.15, 0.2) is 18.0 Å². The van der Waals surface area contributed by atoms with E-state index in [9.17, 15) is 14.4 Å². The molecule has 0 aromatic carbocycles. The molecule has 0 unspecified atom stereocenters. The summed E-state index contributed by atoms with van der Waals surface area (Å²) in [6.45, 7) is 1.28. The molecule has 1 amide bonds. The Bertz CT molecular complexity index is 344. The Morgan fingerprint density at radius 3 is 2.77 bits per heavy atom. The number of epoxide rings is 1. The highest BCUT2D eigenvalue weighted by Gasteiger charge is 2.53. The molecule has 0 spiro atoms. The smallest absolute Gasteiger partial charge is 0.221 e. The highest BCUT2D eigenvalue weighted by Crippen LogP contribution is 2.30. The number of nitrogens with one attached hydrogen (secondary N) is 1. The fourth-order valence-corrected chi connectivity index (χ4v) is 1.26. The third kappa shape index (κ3) is 1.27. The Balaban J connectivity index is 2.22. The number of Topliss-reactive ketones (excluding diaryl/α,β-unsaturated/α-hetero) is 1. The maximum Gasteiger partial charge on any atom is 0.221 e. The molecule has 1 saturated heterocycles. The first kappa shape index (κ1) is 8.12. The van der Waals surface area contributed by atoms with Crippen LogP contribution in [0.25, 0.3) is 0 Å². The normalized spacial score (nSPS) is 30.7. The Morgan fingerprint density at radius 1 is 1.46 bits per heavy atom. The van der Waals surface area contributed by atoms with Gasteiger partial charge in [0.2, 0.25) is 11.7 Å². The summed E-state index contributed by atoms with van der Waals surface area (Å²) in [4.78, 5) is 33.0. The summed E-state index contributed by atoms with van der Waals surface area (Å²) in [5.74, 6) is -0.945. The second-order valence-corrected chi connectivity index (χ2v) is 2.98. The third-order valence-corrected chi connectivity index (χ3v) is 1.89. The minimum atomic E-state index is -0.653. The molecular formula is C8H7NO4. The molecule has 13 heavy (non-hydrogen) atoms. The van der Waals surface area contributed by atoms with E-state index in [1.54, 1.807) is 0 Å². The predicted octanol–water partition coefficient (Wildman–Crippen LogP) is -1.07. The molecule has 0 aromatic rings. The van der Waals surface area contributed by atoms with Crippen LogP contribution < -0.4 is 5.32 Å². The van der Waals surface area contributed by atoms with E-state index in [4.69, 9.17) is 4.74 Å². The van der Waals surface area contributed by atoms with Gasteiger partial charge in [-0.05, 0) is 0 Å². The summed E-state index contributed by atoms with van der Waals surface area (Å²) < 4.78 is 4.81. The van der Waals surface area contributed by atoms with Crippen molar-refractivity contribution in [1.29, 1.82) is 0 Å². The second-order valence-electron chi connectivity index (χ2n) is 2.98. The first-order valence-corrected chi connectivity index (χ1v) is 3.82. The lowest BCUT2D eigenvalue weighted by atomic mass is 10.0. The molecule has 2 aliphatic rings. The van der Waals surface area contributed by atoms with Crippen LogP contribution in [0.15, 0.2) is 11.8 Å². The number of ether oxygens (including phenoxy) is 1. The standard InChI is InChI=1S/C8H7NO4/c1-3(10)9-4-2-5(11)7-8(13-7)6(4)12/h2,7-8H,1H3,(H,9,10)/t7-,8+/m1/s1. The zero-order valence-corrected chi connectivity index (χ0v) is 6.87. The van der Waals surface area contributed by atoms with E-state index in [-0.39, 0.29) is 23.2 Å². The highest BCUT2D eigenvalue weighted by molar-refractivity contribution is 6.16. The molecule has 0 aromatic heterocycles. The number of hydrogen-bond donors (Lipinski definition) is 1. The molecule has 68 valence electrons. The van der Waals surface area contributed by atoms with E-state index in [0.717, 1.165) is 6.08 Å². The topological polar surface area (TPSA) is 75.8 Å². The number of fused-ring (bicyclic) bond motifs is 1. The molecule has 5 heteroatoms. The predicted molar refractivity (Wildman–Crippen MR) is 40.6 cm³/mol. The van der Waals surface area contributed by atoms with Gasteiger partial charge >= 0.3 is 0 Å². The fourth-order valence-electron chi connectivity index (χ4n) is 1.26. The van der Waals surface area contributed by atoms with Gasteiger partial charge < -0.3 is 10.1 Å². The quantitative estimate of drug-likeness (QED) is 0.522. The van der Waals surface area contributed by atoms with Crippen LogP contribution >= 0.6 is 0 Å². The van der Waals surface area contributed by atoms with Crippen molar-refractivity contribution in [2.45, 2.75) is 19.1 Å². The summed E-state index contributed by atoms with van der Waals surface area (Å²) >= 11 is 0. The number of amides is 1.